The molecule has 1 aromatic rings. The zero-order chi connectivity index (χ0) is 15.7. The smallest absolute Gasteiger partial charge is 0.257 e. The van der Waals surface area contributed by atoms with Crippen molar-refractivity contribution in [3.8, 4) is 5.75 Å². The van der Waals surface area contributed by atoms with Crippen LogP contribution in [0.25, 0.3) is 0 Å². The first kappa shape index (κ1) is 18.1. The van der Waals surface area contributed by atoms with Crippen molar-refractivity contribution in [3.63, 3.8) is 0 Å². The maximum absolute atomic E-state index is 11.7. The largest absolute Gasteiger partial charge is 0.482 e. The summed E-state index contributed by atoms with van der Waals surface area (Å²) < 4.78 is 5.36. The normalized spacial score (nSPS) is 10.7. The van der Waals surface area contributed by atoms with Gasteiger partial charge in [-0.1, -0.05) is 37.0 Å². The van der Waals surface area contributed by atoms with Crippen molar-refractivity contribution in [3.05, 3.63) is 28.2 Å². The number of amides is 1. The highest BCUT2D eigenvalue weighted by Gasteiger charge is 2.06. The minimum Gasteiger partial charge on any atom is -0.482 e. The van der Waals surface area contributed by atoms with Gasteiger partial charge in [0.25, 0.3) is 5.91 Å². The molecule has 1 rings (SSSR count). The topological polar surface area (TPSA) is 41.6 Å². The van der Waals surface area contributed by atoms with Crippen LogP contribution in [-0.4, -0.2) is 43.6 Å². The Morgan fingerprint density at radius 3 is 2.62 bits per heavy atom. The Labute approximate surface area is 136 Å². The fraction of sp³-hybridized carbons (Fsp3) is 0.533. The lowest BCUT2D eigenvalue weighted by molar-refractivity contribution is -0.123. The van der Waals surface area contributed by atoms with Gasteiger partial charge in [0.05, 0.1) is 5.02 Å². The van der Waals surface area contributed by atoms with Gasteiger partial charge in [-0.05, 0) is 44.3 Å². The summed E-state index contributed by atoms with van der Waals surface area (Å²) in [6.07, 6.45) is 0.926. The summed E-state index contributed by atoms with van der Waals surface area (Å²) in [6, 6.07) is 4.91. The lowest BCUT2D eigenvalue weighted by atomic mass is 10.3. The van der Waals surface area contributed by atoms with Crippen LogP contribution >= 0.6 is 23.2 Å². The molecule has 0 atom stereocenters. The Kier molecular flexibility index (Phi) is 8.50. The van der Waals surface area contributed by atoms with E-state index >= 15 is 0 Å². The molecule has 118 valence electrons. The molecule has 21 heavy (non-hydrogen) atoms. The van der Waals surface area contributed by atoms with Gasteiger partial charge in [-0.15, -0.1) is 0 Å². The van der Waals surface area contributed by atoms with Crippen molar-refractivity contribution >= 4 is 29.1 Å². The molecule has 0 spiro atoms. The number of nitrogens with one attached hydrogen (secondary N) is 1. The second kappa shape index (κ2) is 9.87. The SMILES string of the molecule is CCN(CC)CCCNC(=O)COc1ccc(Cl)cc1Cl. The maximum Gasteiger partial charge on any atom is 0.257 e. The molecule has 0 aliphatic heterocycles. The number of rotatable bonds is 9. The fourth-order valence-electron chi connectivity index (χ4n) is 1.86. The van der Waals surface area contributed by atoms with E-state index in [2.05, 4.69) is 24.1 Å². The minimum absolute atomic E-state index is 0.0490. The van der Waals surface area contributed by atoms with Crippen molar-refractivity contribution in [2.24, 2.45) is 0 Å². The monoisotopic (exact) mass is 332 g/mol. The molecule has 0 saturated carbocycles. The van der Waals surface area contributed by atoms with E-state index < -0.39 is 0 Å². The van der Waals surface area contributed by atoms with Crippen LogP contribution in [0.15, 0.2) is 18.2 Å². The summed E-state index contributed by atoms with van der Waals surface area (Å²) in [5, 5.41) is 3.76. The van der Waals surface area contributed by atoms with Crippen LogP contribution in [0.1, 0.15) is 20.3 Å². The predicted octanol–water partition coefficient (Wildman–Crippen LogP) is 3.22. The third-order valence-electron chi connectivity index (χ3n) is 3.12. The molecule has 0 fully saturated rings. The van der Waals surface area contributed by atoms with E-state index in [0.717, 1.165) is 26.1 Å². The lowest BCUT2D eigenvalue weighted by Gasteiger charge is -2.17. The van der Waals surface area contributed by atoms with Crippen molar-refractivity contribution in [1.82, 2.24) is 10.2 Å². The van der Waals surface area contributed by atoms with E-state index in [1.54, 1.807) is 18.2 Å². The molecule has 4 nitrogen and oxygen atoms in total. The average molecular weight is 333 g/mol. The van der Waals surface area contributed by atoms with E-state index in [0.29, 0.717) is 22.3 Å². The van der Waals surface area contributed by atoms with Gasteiger partial charge in [0.2, 0.25) is 0 Å². The maximum atomic E-state index is 11.7. The van der Waals surface area contributed by atoms with Crippen molar-refractivity contribution < 1.29 is 9.53 Å². The molecule has 0 aliphatic carbocycles. The van der Waals surface area contributed by atoms with Gasteiger partial charge in [0, 0.05) is 11.6 Å². The molecule has 0 aromatic heterocycles. The van der Waals surface area contributed by atoms with E-state index in [1.165, 1.54) is 0 Å². The first-order chi connectivity index (χ1) is 10.1. The highest BCUT2D eigenvalue weighted by Crippen LogP contribution is 2.27. The predicted molar refractivity (Wildman–Crippen MR) is 87.4 cm³/mol. The van der Waals surface area contributed by atoms with E-state index in [1.807, 2.05) is 0 Å². The highest BCUT2D eigenvalue weighted by atomic mass is 35.5. The number of nitrogens with zero attached hydrogens (tertiary/aromatic N) is 1. The van der Waals surface area contributed by atoms with Crippen molar-refractivity contribution in [2.45, 2.75) is 20.3 Å². The Morgan fingerprint density at radius 1 is 1.29 bits per heavy atom. The minimum atomic E-state index is -0.152. The fourth-order valence-corrected chi connectivity index (χ4v) is 2.32. The second-order valence-corrected chi connectivity index (χ2v) is 5.44. The first-order valence-electron chi connectivity index (χ1n) is 7.13. The first-order valence-corrected chi connectivity index (χ1v) is 7.89. The van der Waals surface area contributed by atoms with E-state index in [4.69, 9.17) is 27.9 Å². The number of halogens is 2. The summed E-state index contributed by atoms with van der Waals surface area (Å²) in [5.41, 5.74) is 0. The quantitative estimate of drug-likeness (QED) is 0.706. The summed E-state index contributed by atoms with van der Waals surface area (Å²) in [7, 11) is 0. The molecule has 1 aromatic carbocycles. The Morgan fingerprint density at radius 2 is 2.00 bits per heavy atom. The zero-order valence-corrected chi connectivity index (χ0v) is 14.0. The van der Waals surface area contributed by atoms with Crippen LogP contribution in [0, 0.1) is 0 Å². The molecule has 0 unspecified atom stereocenters. The molecule has 0 radical (unpaired) electrons. The van der Waals surface area contributed by atoms with Crippen LogP contribution in [-0.2, 0) is 4.79 Å². The van der Waals surface area contributed by atoms with Gasteiger partial charge >= 0.3 is 0 Å². The molecule has 1 N–H and O–H groups in total. The second-order valence-electron chi connectivity index (χ2n) is 4.59. The van der Waals surface area contributed by atoms with Gasteiger partial charge in [-0.25, -0.2) is 0 Å². The lowest BCUT2D eigenvalue weighted by Crippen LogP contribution is -2.32. The summed E-state index contributed by atoms with van der Waals surface area (Å²) in [5.74, 6) is 0.305. The molecular weight excluding hydrogens is 311 g/mol. The molecule has 0 saturated heterocycles. The molecule has 0 aliphatic rings. The number of carbonyl (C=O) groups excluding carboxylic acids is 1. The Hall–Kier alpha value is -0.970. The van der Waals surface area contributed by atoms with Gasteiger partial charge < -0.3 is 15.0 Å². The Balaban J connectivity index is 2.22. The van der Waals surface area contributed by atoms with Gasteiger partial charge in [-0.2, -0.15) is 0 Å². The number of hydrogen-bond acceptors (Lipinski definition) is 3. The van der Waals surface area contributed by atoms with Crippen molar-refractivity contribution in [1.29, 1.82) is 0 Å². The molecule has 0 bridgehead atoms. The van der Waals surface area contributed by atoms with Crippen LogP contribution in [0.3, 0.4) is 0 Å². The molecule has 6 heteroatoms. The number of carbonyl (C=O) groups is 1. The zero-order valence-electron chi connectivity index (χ0n) is 12.5. The highest BCUT2D eigenvalue weighted by molar-refractivity contribution is 6.35. The average Bonchev–Trinajstić information content (AvgIpc) is 2.46. The number of benzene rings is 1. The van der Waals surface area contributed by atoms with Gasteiger partial charge in [0.15, 0.2) is 6.61 Å². The van der Waals surface area contributed by atoms with Gasteiger partial charge in [0.1, 0.15) is 5.75 Å². The van der Waals surface area contributed by atoms with Crippen LogP contribution < -0.4 is 10.1 Å². The third-order valence-corrected chi connectivity index (χ3v) is 3.65. The van der Waals surface area contributed by atoms with Crippen molar-refractivity contribution in [2.75, 3.05) is 32.8 Å². The van der Waals surface area contributed by atoms with Crippen LogP contribution in [0.5, 0.6) is 5.75 Å². The standard InChI is InChI=1S/C15H22Cl2N2O2/c1-3-19(4-2)9-5-8-18-15(20)11-21-14-7-6-12(16)10-13(14)17/h6-7,10H,3-5,8-9,11H2,1-2H3,(H,18,20). The van der Waals surface area contributed by atoms with E-state index in [9.17, 15) is 4.79 Å². The Bertz CT molecular complexity index is 451. The molecule has 1 amide bonds. The molecular formula is C15H22Cl2N2O2. The summed E-state index contributed by atoms with van der Waals surface area (Å²) in [4.78, 5) is 14.0. The summed E-state index contributed by atoms with van der Waals surface area (Å²) in [6.45, 7) is 7.90. The molecule has 0 heterocycles. The summed E-state index contributed by atoms with van der Waals surface area (Å²) >= 11 is 11.8. The van der Waals surface area contributed by atoms with E-state index in [-0.39, 0.29) is 12.5 Å². The number of ether oxygens (including phenoxy) is 1. The third kappa shape index (κ3) is 7.02. The number of hydrogen-bond donors (Lipinski definition) is 1. The van der Waals surface area contributed by atoms with Crippen LogP contribution in [0.2, 0.25) is 10.0 Å². The van der Waals surface area contributed by atoms with Crippen LogP contribution in [0.4, 0.5) is 0 Å². The van der Waals surface area contributed by atoms with Gasteiger partial charge in [-0.3, -0.25) is 4.79 Å².